The number of carboxylic acid groups (broad SMARTS) is 4. The van der Waals surface area contributed by atoms with Crippen LogP contribution in [0.1, 0.15) is 38.5 Å². The summed E-state index contributed by atoms with van der Waals surface area (Å²) < 4.78 is 0. The summed E-state index contributed by atoms with van der Waals surface area (Å²) >= 11 is 0. The predicted molar refractivity (Wildman–Crippen MR) is 76.7 cm³/mol. The third-order valence-corrected chi connectivity index (χ3v) is 1.68. The molecule has 158 valence electrons. The van der Waals surface area contributed by atoms with E-state index in [9.17, 15) is 39.6 Å². The summed E-state index contributed by atoms with van der Waals surface area (Å²) in [5.74, 6) is -6.50. The summed E-state index contributed by atoms with van der Waals surface area (Å²) in [7, 11) is 0. The monoisotopic (exact) mass is 740 g/mol. The number of carbonyl (C=O) groups is 4. The standard InChI is InChI=1S/C6H14N2.2C3H4O4.2H2N.2Pt/c7-5-3-1-2-4-6-8;2*4-2(5)1-3(6)7;;;;/h7-8H,1-6H2;2*1H2,(H,4,5)(H,6,7);2*1H2;;/q-2;;;2*-1;2*+4/p-4. The van der Waals surface area contributed by atoms with Crippen molar-refractivity contribution in [3.8, 4) is 0 Å². The topological polar surface area (TPSA) is 275 Å². The van der Waals surface area contributed by atoms with Crippen molar-refractivity contribution in [2.75, 3.05) is 13.1 Å². The molecule has 0 amide bonds. The Hall–Kier alpha value is -0.903. The smallest absolute Gasteiger partial charge is 0.693 e. The largest absolute Gasteiger partial charge is 4.00 e. The Morgan fingerprint density at radius 1 is 0.538 bits per heavy atom. The number of carbonyl (C=O) groups excluding carboxylic acids is 4. The van der Waals surface area contributed by atoms with Gasteiger partial charge in [0.1, 0.15) is 0 Å². The number of hydrogen-bond donors (Lipinski definition) is 0. The van der Waals surface area contributed by atoms with E-state index in [-0.39, 0.29) is 54.4 Å². The maximum atomic E-state index is 9.28. The predicted octanol–water partition coefficient (Wildman–Crippen LogP) is -2.17. The minimum absolute atomic E-state index is 0. The van der Waals surface area contributed by atoms with Crippen LogP contribution < -0.4 is 20.4 Å². The Balaban J connectivity index is -0.0000000388. The molecule has 0 saturated heterocycles. The van der Waals surface area contributed by atoms with Crippen molar-refractivity contribution in [1.29, 1.82) is 0 Å². The van der Waals surface area contributed by atoms with Crippen molar-refractivity contribution in [3.63, 3.8) is 0 Å². The fraction of sp³-hybridized carbons (Fsp3) is 0.667. The van der Waals surface area contributed by atoms with Crippen LogP contribution in [-0.4, -0.2) is 37.0 Å². The number of aliphatic carboxylic acids is 4. The van der Waals surface area contributed by atoms with Gasteiger partial charge in [-0.1, -0.05) is 25.7 Å². The Kier molecular flexibility index (Phi) is 60.3. The zero-order valence-electron chi connectivity index (χ0n) is 13.7. The summed E-state index contributed by atoms with van der Waals surface area (Å²) in [5.41, 5.74) is 13.6. The maximum Gasteiger partial charge on any atom is 4.00 e. The number of nitrogens with one attached hydrogen (secondary N) is 2. The van der Waals surface area contributed by atoms with E-state index in [0.717, 1.165) is 25.7 Å². The van der Waals surface area contributed by atoms with Gasteiger partial charge >= 0.3 is 42.1 Å². The third kappa shape index (κ3) is 77.1. The van der Waals surface area contributed by atoms with Crippen molar-refractivity contribution in [2.45, 2.75) is 38.5 Å². The van der Waals surface area contributed by atoms with Crippen LogP contribution >= 0.6 is 0 Å². The van der Waals surface area contributed by atoms with Gasteiger partial charge in [0.15, 0.2) is 0 Å². The van der Waals surface area contributed by atoms with E-state index >= 15 is 0 Å². The molecule has 0 spiro atoms. The average Bonchev–Trinajstić information content (AvgIpc) is 2.33. The van der Waals surface area contributed by atoms with E-state index < -0.39 is 36.7 Å². The molecule has 0 aromatic heterocycles. The molecule has 0 rings (SSSR count). The van der Waals surface area contributed by atoms with Gasteiger partial charge in [-0.3, -0.25) is 0 Å². The summed E-state index contributed by atoms with van der Waals surface area (Å²) in [6, 6.07) is 0. The van der Waals surface area contributed by atoms with Gasteiger partial charge in [0.25, 0.3) is 0 Å². The second-order valence-electron chi connectivity index (χ2n) is 3.76. The third-order valence-electron chi connectivity index (χ3n) is 1.68. The van der Waals surface area contributed by atoms with Gasteiger partial charge in [-0.25, -0.2) is 0 Å². The molecule has 0 atom stereocenters. The molecule has 0 heterocycles. The van der Waals surface area contributed by atoms with Crippen molar-refractivity contribution in [1.82, 2.24) is 0 Å². The minimum atomic E-state index is -1.63. The molecule has 0 aliphatic heterocycles. The van der Waals surface area contributed by atoms with E-state index in [4.69, 9.17) is 11.5 Å². The molecular weight excluding hydrogens is 718 g/mol. The molecule has 0 saturated carbocycles. The second-order valence-corrected chi connectivity index (χ2v) is 3.76. The number of nitrogens with two attached hydrogens (primary N) is 2. The van der Waals surface area contributed by atoms with E-state index in [1.807, 2.05) is 0 Å². The van der Waals surface area contributed by atoms with E-state index in [1.165, 1.54) is 0 Å². The van der Waals surface area contributed by atoms with Crippen molar-refractivity contribution >= 4 is 23.9 Å². The van der Waals surface area contributed by atoms with Crippen molar-refractivity contribution in [3.05, 3.63) is 23.8 Å². The van der Waals surface area contributed by atoms with Gasteiger partial charge in [0.05, 0.1) is 0 Å². The first-order valence-corrected chi connectivity index (χ1v) is 6.25. The first-order chi connectivity index (χ1) is 10.2. The van der Waals surface area contributed by atoms with Gasteiger partial charge in [-0.2, -0.15) is 13.1 Å². The van der Waals surface area contributed by atoms with Crippen LogP contribution in [0.2, 0.25) is 0 Å². The summed E-state index contributed by atoms with van der Waals surface area (Å²) in [6.07, 6.45) is 2.25. The van der Waals surface area contributed by atoms with Gasteiger partial charge in [-0.15, -0.1) is 0 Å². The fourth-order valence-corrected chi connectivity index (χ4v) is 0.839. The van der Waals surface area contributed by atoms with Crippen molar-refractivity contribution in [2.24, 2.45) is 0 Å². The zero-order valence-corrected chi connectivity index (χ0v) is 18.3. The molecule has 0 aliphatic rings. The van der Waals surface area contributed by atoms with E-state index in [0.29, 0.717) is 13.1 Å². The quantitative estimate of drug-likeness (QED) is 0.185. The summed E-state index contributed by atoms with van der Waals surface area (Å²) in [6.45, 7) is 1.11. The molecule has 0 fully saturated rings. The number of unbranched alkanes of at least 4 members (excludes halogenated alkanes) is 3. The number of carboxylic acids is 4. The number of hydrogen-bond acceptors (Lipinski definition) is 8. The first kappa shape index (κ1) is 44.5. The van der Waals surface area contributed by atoms with Gasteiger partial charge in [0, 0.05) is 36.7 Å². The van der Waals surface area contributed by atoms with Crippen LogP contribution in [0.25, 0.3) is 23.8 Å². The van der Waals surface area contributed by atoms with Gasteiger partial charge < -0.3 is 63.4 Å². The Labute approximate surface area is 180 Å². The molecule has 14 heteroatoms. The first-order valence-electron chi connectivity index (χ1n) is 6.25. The van der Waals surface area contributed by atoms with E-state index in [1.54, 1.807) is 0 Å². The van der Waals surface area contributed by atoms with Crippen LogP contribution in [0.3, 0.4) is 0 Å². The molecule has 0 unspecified atom stereocenters. The Morgan fingerprint density at radius 3 is 0.808 bits per heavy atom. The Morgan fingerprint density at radius 2 is 0.731 bits per heavy atom. The fourth-order valence-electron chi connectivity index (χ4n) is 0.839. The van der Waals surface area contributed by atoms with Gasteiger partial charge in [0.2, 0.25) is 0 Å². The second kappa shape index (κ2) is 35.2. The molecule has 12 nitrogen and oxygen atoms in total. The minimum Gasteiger partial charge on any atom is -0.693 e. The normalized spacial score (nSPS) is 7.31. The summed E-state index contributed by atoms with van der Waals surface area (Å²) in [5, 5.41) is 37.1. The van der Waals surface area contributed by atoms with E-state index in [2.05, 4.69) is 0 Å². The van der Waals surface area contributed by atoms with Crippen LogP contribution in [0, 0.1) is 0 Å². The molecular formula is C12H22N4O8Pt2. The van der Waals surface area contributed by atoms with Crippen LogP contribution in [0.15, 0.2) is 0 Å². The summed E-state index contributed by atoms with van der Waals surface area (Å²) in [4.78, 5) is 37.1. The van der Waals surface area contributed by atoms with Gasteiger partial charge in [-0.05, 0) is 0 Å². The maximum absolute atomic E-state index is 9.28. The zero-order chi connectivity index (χ0) is 18.0. The molecule has 0 aromatic carbocycles. The molecule has 0 aliphatic carbocycles. The molecule has 0 radical (unpaired) electrons. The SMILES string of the molecule is O=C([O-])CC(=O)[O-].O=C([O-])CC(=O)[O-].[NH-]CCCCCC[NH-].[NH2-].[NH2-].[Pt+4].[Pt+4]. The van der Waals surface area contributed by atoms with Crippen molar-refractivity contribution < 1.29 is 81.7 Å². The van der Waals surface area contributed by atoms with Crippen LogP contribution in [-0.2, 0) is 61.3 Å². The van der Waals surface area contributed by atoms with Crippen LogP contribution in [0.4, 0.5) is 0 Å². The Bertz CT molecular complexity index is 293. The average molecular weight is 740 g/mol. The molecule has 0 bridgehead atoms. The molecule has 26 heavy (non-hydrogen) atoms. The van der Waals surface area contributed by atoms with Crippen LogP contribution in [0.5, 0.6) is 0 Å². The molecule has 0 aromatic rings. The molecule has 6 N–H and O–H groups in total. The number of rotatable bonds is 9.